The molecule has 0 bridgehead atoms. The second-order valence-electron chi connectivity index (χ2n) is 7.58. The molecule has 1 aromatic carbocycles. The Kier molecular flexibility index (Phi) is 6.27. The van der Waals surface area contributed by atoms with Crippen LogP contribution in [0.3, 0.4) is 0 Å². The number of ether oxygens (including phenoxy) is 4. The molecule has 2 aliphatic rings. The van der Waals surface area contributed by atoms with Gasteiger partial charge in [-0.25, -0.2) is 0 Å². The molecule has 27 heavy (non-hydrogen) atoms. The number of primary amides is 1. The molecule has 1 amide bonds. The number of carbonyl (C=O) groups excluding carboxylic acids is 1. The third kappa shape index (κ3) is 4.06. The van der Waals surface area contributed by atoms with E-state index in [0.29, 0.717) is 12.8 Å². The van der Waals surface area contributed by atoms with E-state index in [0.717, 1.165) is 36.3 Å². The molecule has 2 saturated carbocycles. The summed E-state index contributed by atoms with van der Waals surface area (Å²) in [6.45, 7) is 0. The van der Waals surface area contributed by atoms with Crippen LogP contribution in [-0.4, -0.2) is 39.1 Å². The summed E-state index contributed by atoms with van der Waals surface area (Å²) in [6.07, 6.45) is 6.91. The lowest BCUT2D eigenvalue weighted by Gasteiger charge is -2.43. The highest BCUT2D eigenvalue weighted by molar-refractivity contribution is 5.78. The third-order valence-electron chi connectivity index (χ3n) is 6.18. The lowest BCUT2D eigenvalue weighted by molar-refractivity contribution is -0.250. The van der Waals surface area contributed by atoms with Gasteiger partial charge in [0.25, 0.3) is 0 Å². The van der Waals surface area contributed by atoms with Gasteiger partial charge in [0.15, 0.2) is 17.3 Å². The fourth-order valence-electron chi connectivity index (χ4n) is 4.56. The summed E-state index contributed by atoms with van der Waals surface area (Å²) in [7, 11) is 4.80. The van der Waals surface area contributed by atoms with Crippen LogP contribution in [0.4, 0.5) is 0 Å². The third-order valence-corrected chi connectivity index (χ3v) is 6.18. The van der Waals surface area contributed by atoms with Crippen molar-refractivity contribution in [3.05, 3.63) is 23.8 Å². The SMILES string of the molecule is COc1ccc(C2CCC(OC)(OC)C(C(N)=O)C2)cc1OC1CCCC1. The van der Waals surface area contributed by atoms with Gasteiger partial charge in [-0.05, 0) is 62.1 Å². The maximum absolute atomic E-state index is 12.1. The van der Waals surface area contributed by atoms with Crippen molar-refractivity contribution in [1.29, 1.82) is 0 Å². The highest BCUT2D eigenvalue weighted by atomic mass is 16.7. The van der Waals surface area contributed by atoms with Gasteiger partial charge in [0.2, 0.25) is 5.91 Å². The molecule has 6 heteroatoms. The maximum atomic E-state index is 12.1. The number of nitrogens with two attached hydrogens (primary N) is 1. The van der Waals surface area contributed by atoms with E-state index in [1.807, 2.05) is 6.07 Å². The maximum Gasteiger partial charge on any atom is 0.226 e. The minimum absolute atomic E-state index is 0.192. The van der Waals surface area contributed by atoms with E-state index in [1.54, 1.807) is 21.3 Å². The summed E-state index contributed by atoms with van der Waals surface area (Å²) in [4.78, 5) is 12.1. The van der Waals surface area contributed by atoms with Crippen molar-refractivity contribution >= 4 is 5.91 Å². The van der Waals surface area contributed by atoms with Crippen LogP contribution in [0.5, 0.6) is 11.5 Å². The van der Waals surface area contributed by atoms with Crippen molar-refractivity contribution in [3.8, 4) is 11.5 Å². The van der Waals surface area contributed by atoms with Gasteiger partial charge in [-0.2, -0.15) is 0 Å². The molecule has 0 radical (unpaired) electrons. The summed E-state index contributed by atoms with van der Waals surface area (Å²) in [5, 5.41) is 0. The zero-order valence-electron chi connectivity index (χ0n) is 16.5. The number of amides is 1. The van der Waals surface area contributed by atoms with Crippen molar-refractivity contribution in [3.63, 3.8) is 0 Å². The molecule has 2 unspecified atom stereocenters. The van der Waals surface area contributed by atoms with Crippen LogP contribution in [0.1, 0.15) is 56.4 Å². The molecule has 6 nitrogen and oxygen atoms in total. The predicted molar refractivity (Wildman–Crippen MR) is 102 cm³/mol. The number of benzene rings is 1. The van der Waals surface area contributed by atoms with Crippen molar-refractivity contribution in [2.45, 2.75) is 62.8 Å². The highest BCUT2D eigenvalue weighted by Gasteiger charge is 2.47. The molecule has 0 saturated heterocycles. The number of hydrogen-bond donors (Lipinski definition) is 1. The highest BCUT2D eigenvalue weighted by Crippen LogP contribution is 2.45. The molecule has 2 N–H and O–H groups in total. The van der Waals surface area contributed by atoms with E-state index >= 15 is 0 Å². The Morgan fingerprint density at radius 3 is 2.37 bits per heavy atom. The first-order chi connectivity index (χ1) is 13.0. The zero-order chi connectivity index (χ0) is 19.4. The van der Waals surface area contributed by atoms with Gasteiger partial charge < -0.3 is 24.7 Å². The molecule has 0 aliphatic heterocycles. The molecule has 3 rings (SSSR count). The van der Waals surface area contributed by atoms with Crippen LogP contribution >= 0.6 is 0 Å². The van der Waals surface area contributed by atoms with Crippen molar-refractivity contribution in [2.24, 2.45) is 11.7 Å². The van der Waals surface area contributed by atoms with E-state index in [2.05, 4.69) is 12.1 Å². The van der Waals surface area contributed by atoms with Crippen LogP contribution in [0, 0.1) is 5.92 Å². The Bertz CT molecular complexity index is 652. The Hall–Kier alpha value is -1.79. The molecule has 0 spiro atoms. The van der Waals surface area contributed by atoms with Crippen LogP contribution in [0.25, 0.3) is 0 Å². The number of carbonyl (C=O) groups is 1. The van der Waals surface area contributed by atoms with Gasteiger partial charge >= 0.3 is 0 Å². The Balaban J connectivity index is 1.82. The molecule has 2 atom stereocenters. The van der Waals surface area contributed by atoms with E-state index < -0.39 is 11.7 Å². The minimum Gasteiger partial charge on any atom is -0.493 e. The molecular formula is C21H31NO5. The average molecular weight is 377 g/mol. The summed E-state index contributed by atoms with van der Waals surface area (Å²) in [5.41, 5.74) is 6.81. The van der Waals surface area contributed by atoms with Gasteiger partial charge in [-0.1, -0.05) is 6.07 Å². The number of hydrogen-bond acceptors (Lipinski definition) is 5. The first-order valence-electron chi connectivity index (χ1n) is 9.77. The predicted octanol–water partition coefficient (Wildman–Crippen LogP) is 3.37. The lowest BCUT2D eigenvalue weighted by atomic mass is 9.73. The Morgan fingerprint density at radius 2 is 1.78 bits per heavy atom. The normalized spacial score (nSPS) is 25.3. The summed E-state index contributed by atoms with van der Waals surface area (Å²) in [5.74, 6) is -0.0913. The van der Waals surface area contributed by atoms with E-state index in [-0.39, 0.29) is 17.9 Å². The summed E-state index contributed by atoms with van der Waals surface area (Å²) < 4.78 is 22.8. The monoisotopic (exact) mass is 377 g/mol. The van der Waals surface area contributed by atoms with Crippen LogP contribution in [-0.2, 0) is 14.3 Å². The largest absolute Gasteiger partial charge is 0.493 e. The van der Waals surface area contributed by atoms with Crippen LogP contribution < -0.4 is 15.2 Å². The van der Waals surface area contributed by atoms with Crippen LogP contribution in [0.15, 0.2) is 18.2 Å². The second-order valence-corrected chi connectivity index (χ2v) is 7.58. The summed E-state index contributed by atoms with van der Waals surface area (Å²) in [6, 6.07) is 6.07. The molecule has 2 aliphatic carbocycles. The second kappa shape index (κ2) is 8.48. The Morgan fingerprint density at radius 1 is 1.07 bits per heavy atom. The average Bonchev–Trinajstić information content (AvgIpc) is 3.20. The topological polar surface area (TPSA) is 80.0 Å². The van der Waals surface area contributed by atoms with E-state index in [9.17, 15) is 4.79 Å². The van der Waals surface area contributed by atoms with Gasteiger partial charge in [0, 0.05) is 20.6 Å². The first kappa shape index (κ1) is 20.0. The summed E-state index contributed by atoms with van der Waals surface area (Å²) >= 11 is 0. The minimum atomic E-state index is -0.933. The van der Waals surface area contributed by atoms with E-state index in [1.165, 1.54) is 12.8 Å². The van der Waals surface area contributed by atoms with Gasteiger partial charge in [-0.3, -0.25) is 4.79 Å². The van der Waals surface area contributed by atoms with Crippen molar-refractivity contribution < 1.29 is 23.7 Å². The Labute approximate surface area is 161 Å². The zero-order valence-corrected chi connectivity index (χ0v) is 16.5. The molecule has 1 aromatic rings. The van der Waals surface area contributed by atoms with E-state index in [4.69, 9.17) is 24.7 Å². The van der Waals surface area contributed by atoms with Crippen molar-refractivity contribution in [1.82, 2.24) is 0 Å². The molecular weight excluding hydrogens is 346 g/mol. The number of rotatable bonds is 7. The first-order valence-corrected chi connectivity index (χ1v) is 9.77. The molecule has 2 fully saturated rings. The standard InChI is InChI=1S/C21H31NO5/c1-24-18-9-8-14(13-19(18)27-16-6-4-5-7-16)15-10-11-21(25-2,26-3)17(12-15)20(22)23/h8-9,13,15-17H,4-7,10-12H2,1-3H3,(H2,22,23). The van der Waals surface area contributed by atoms with Crippen molar-refractivity contribution in [2.75, 3.05) is 21.3 Å². The van der Waals surface area contributed by atoms with Crippen LogP contribution in [0.2, 0.25) is 0 Å². The fourth-order valence-corrected chi connectivity index (χ4v) is 4.56. The smallest absolute Gasteiger partial charge is 0.226 e. The molecule has 0 heterocycles. The van der Waals surface area contributed by atoms with Gasteiger partial charge in [0.1, 0.15) is 0 Å². The quantitative estimate of drug-likeness (QED) is 0.737. The molecule has 0 aromatic heterocycles. The molecule has 150 valence electrons. The van der Waals surface area contributed by atoms with Gasteiger partial charge in [0.05, 0.1) is 19.1 Å². The lowest BCUT2D eigenvalue weighted by Crippen LogP contribution is -2.51. The fraction of sp³-hybridized carbons (Fsp3) is 0.667. The number of methoxy groups -OCH3 is 3. The van der Waals surface area contributed by atoms with Gasteiger partial charge in [-0.15, -0.1) is 0 Å².